The Hall–Kier alpha value is -1.10. The highest BCUT2D eigenvalue weighted by atomic mass is 16.5. The summed E-state index contributed by atoms with van der Waals surface area (Å²) in [6, 6.07) is -0.274. The molecule has 1 aliphatic heterocycles. The van der Waals surface area contributed by atoms with E-state index in [-0.39, 0.29) is 17.9 Å². The first kappa shape index (κ1) is 14.0. The molecule has 0 bridgehead atoms. The highest BCUT2D eigenvalue weighted by Crippen LogP contribution is 2.12. The van der Waals surface area contributed by atoms with E-state index in [4.69, 9.17) is 4.74 Å². The van der Waals surface area contributed by atoms with Gasteiger partial charge in [-0.05, 0) is 12.8 Å². The van der Waals surface area contributed by atoms with Crippen LogP contribution in [-0.4, -0.2) is 49.6 Å². The molecule has 1 aliphatic rings. The van der Waals surface area contributed by atoms with Gasteiger partial charge in [0.2, 0.25) is 5.91 Å². The van der Waals surface area contributed by atoms with E-state index in [0.29, 0.717) is 13.1 Å². The molecule has 1 atom stereocenters. The Kier molecular flexibility index (Phi) is 5.97. The van der Waals surface area contributed by atoms with E-state index >= 15 is 0 Å². The van der Waals surface area contributed by atoms with Crippen LogP contribution in [0.2, 0.25) is 0 Å². The third-order valence-corrected chi connectivity index (χ3v) is 3.04. The molecule has 5 nitrogen and oxygen atoms in total. The number of unbranched alkanes of at least 4 members (excludes halogenated alkanes) is 1. The van der Waals surface area contributed by atoms with Crippen molar-refractivity contribution in [3.63, 3.8) is 0 Å². The predicted molar refractivity (Wildman–Crippen MR) is 64.5 cm³/mol. The molecule has 1 unspecified atom stereocenters. The normalized spacial score (nSPS) is 19.3. The number of nitrogens with one attached hydrogen (secondary N) is 1. The summed E-state index contributed by atoms with van der Waals surface area (Å²) < 4.78 is 4.83. The summed E-state index contributed by atoms with van der Waals surface area (Å²) in [6.07, 6.45) is 3.65. The van der Waals surface area contributed by atoms with Gasteiger partial charge in [-0.3, -0.25) is 14.5 Å². The van der Waals surface area contributed by atoms with Crippen molar-refractivity contribution in [3.8, 4) is 0 Å². The van der Waals surface area contributed by atoms with Gasteiger partial charge in [0, 0.05) is 13.1 Å². The minimum atomic E-state index is -0.274. The molecule has 0 saturated carbocycles. The molecular weight excluding hydrogens is 220 g/mol. The minimum Gasteiger partial charge on any atom is -0.468 e. The number of amides is 1. The number of esters is 1. The average molecular weight is 242 g/mol. The number of hydrogen-bond donors (Lipinski definition) is 1. The maximum Gasteiger partial charge on any atom is 0.323 e. The van der Waals surface area contributed by atoms with Crippen LogP contribution in [0.5, 0.6) is 0 Å². The molecule has 1 saturated heterocycles. The lowest BCUT2D eigenvalue weighted by Crippen LogP contribution is -2.45. The van der Waals surface area contributed by atoms with Crippen molar-refractivity contribution in [2.75, 3.05) is 26.7 Å². The molecule has 1 rings (SSSR count). The van der Waals surface area contributed by atoms with Gasteiger partial charge in [-0.1, -0.05) is 19.8 Å². The molecule has 0 aromatic rings. The number of methoxy groups -OCH3 is 1. The van der Waals surface area contributed by atoms with E-state index in [1.54, 1.807) is 0 Å². The molecule has 0 aromatic heterocycles. The zero-order chi connectivity index (χ0) is 12.7. The molecule has 0 spiro atoms. The highest BCUT2D eigenvalue weighted by Gasteiger charge is 2.28. The van der Waals surface area contributed by atoms with Gasteiger partial charge in [-0.2, -0.15) is 0 Å². The summed E-state index contributed by atoms with van der Waals surface area (Å²) in [4.78, 5) is 25.2. The smallest absolute Gasteiger partial charge is 0.323 e. The molecule has 1 N–H and O–H groups in total. The van der Waals surface area contributed by atoms with Crippen molar-refractivity contribution in [1.29, 1.82) is 0 Å². The van der Waals surface area contributed by atoms with Gasteiger partial charge >= 0.3 is 5.97 Å². The quantitative estimate of drug-likeness (QED) is 0.715. The van der Waals surface area contributed by atoms with Crippen LogP contribution in [0.1, 0.15) is 32.6 Å². The van der Waals surface area contributed by atoms with Gasteiger partial charge in [0.1, 0.15) is 6.04 Å². The third kappa shape index (κ3) is 4.34. The van der Waals surface area contributed by atoms with E-state index in [9.17, 15) is 9.59 Å². The topological polar surface area (TPSA) is 58.6 Å². The number of carbonyl (C=O) groups is 2. The minimum absolute atomic E-state index is 0.00657. The first-order chi connectivity index (χ1) is 8.19. The van der Waals surface area contributed by atoms with Crippen LogP contribution in [0.4, 0.5) is 0 Å². The van der Waals surface area contributed by atoms with Crippen molar-refractivity contribution in [2.24, 2.45) is 0 Å². The fraction of sp³-hybridized carbons (Fsp3) is 0.833. The molecular formula is C12H22N2O3. The number of hydrogen-bond acceptors (Lipinski definition) is 4. The Balaban J connectivity index is 2.65. The fourth-order valence-electron chi connectivity index (χ4n) is 2.08. The van der Waals surface area contributed by atoms with Gasteiger partial charge in [0.05, 0.1) is 13.7 Å². The maximum absolute atomic E-state index is 11.7. The fourth-order valence-corrected chi connectivity index (χ4v) is 2.08. The lowest BCUT2D eigenvalue weighted by molar-refractivity contribution is -0.147. The molecule has 17 heavy (non-hydrogen) atoms. The van der Waals surface area contributed by atoms with Crippen molar-refractivity contribution in [1.82, 2.24) is 10.2 Å². The van der Waals surface area contributed by atoms with Crippen LogP contribution >= 0.6 is 0 Å². The van der Waals surface area contributed by atoms with Crippen molar-refractivity contribution in [3.05, 3.63) is 0 Å². The summed E-state index contributed by atoms with van der Waals surface area (Å²) in [5, 5.41) is 2.81. The molecule has 1 fully saturated rings. The summed E-state index contributed by atoms with van der Waals surface area (Å²) in [6.45, 7) is 3.84. The van der Waals surface area contributed by atoms with Crippen molar-refractivity contribution in [2.45, 2.75) is 38.6 Å². The molecule has 1 heterocycles. The van der Waals surface area contributed by atoms with E-state index < -0.39 is 0 Å². The monoisotopic (exact) mass is 242 g/mol. The Morgan fingerprint density at radius 1 is 1.59 bits per heavy atom. The third-order valence-electron chi connectivity index (χ3n) is 3.04. The van der Waals surface area contributed by atoms with Crippen LogP contribution in [0.15, 0.2) is 0 Å². The van der Waals surface area contributed by atoms with Crippen LogP contribution in [-0.2, 0) is 14.3 Å². The number of ether oxygens (including phenoxy) is 1. The molecule has 0 aliphatic carbocycles. The van der Waals surface area contributed by atoms with E-state index in [0.717, 1.165) is 32.2 Å². The lowest BCUT2D eigenvalue weighted by Gasteiger charge is -2.27. The Morgan fingerprint density at radius 2 is 2.35 bits per heavy atom. The second-order valence-corrected chi connectivity index (χ2v) is 4.36. The van der Waals surface area contributed by atoms with E-state index in [1.165, 1.54) is 7.11 Å². The van der Waals surface area contributed by atoms with Crippen molar-refractivity contribution >= 4 is 11.9 Å². The molecule has 0 radical (unpaired) electrons. The van der Waals surface area contributed by atoms with E-state index in [2.05, 4.69) is 12.2 Å². The van der Waals surface area contributed by atoms with Crippen molar-refractivity contribution < 1.29 is 14.3 Å². The van der Waals surface area contributed by atoms with Crippen LogP contribution in [0.25, 0.3) is 0 Å². The lowest BCUT2D eigenvalue weighted by atomic mass is 10.1. The Labute approximate surface area is 102 Å². The van der Waals surface area contributed by atoms with Gasteiger partial charge in [-0.25, -0.2) is 0 Å². The number of rotatable bonds is 5. The molecule has 98 valence electrons. The van der Waals surface area contributed by atoms with Crippen LogP contribution < -0.4 is 5.32 Å². The average Bonchev–Trinajstić information content (AvgIpc) is 2.54. The maximum atomic E-state index is 11.7. The predicted octanol–water partition coefficient (Wildman–Crippen LogP) is 0.540. The van der Waals surface area contributed by atoms with Gasteiger partial charge < -0.3 is 10.1 Å². The number of nitrogens with zero attached hydrogens (tertiary/aromatic N) is 1. The zero-order valence-corrected chi connectivity index (χ0v) is 10.7. The first-order valence-corrected chi connectivity index (χ1v) is 6.27. The highest BCUT2D eigenvalue weighted by molar-refractivity contribution is 5.80. The second kappa shape index (κ2) is 7.27. The van der Waals surface area contributed by atoms with Crippen LogP contribution in [0.3, 0.4) is 0 Å². The van der Waals surface area contributed by atoms with Gasteiger partial charge in [-0.15, -0.1) is 0 Å². The molecule has 5 heteroatoms. The SMILES string of the molecule is CCCCC(C(=O)OC)N1CCCNC(=O)C1. The molecule has 1 amide bonds. The molecule has 0 aromatic carbocycles. The van der Waals surface area contributed by atoms with Crippen LogP contribution in [0, 0.1) is 0 Å². The Morgan fingerprint density at radius 3 is 3.00 bits per heavy atom. The van der Waals surface area contributed by atoms with Gasteiger partial charge in [0.15, 0.2) is 0 Å². The van der Waals surface area contributed by atoms with E-state index in [1.807, 2.05) is 4.90 Å². The first-order valence-electron chi connectivity index (χ1n) is 6.27. The summed E-state index contributed by atoms with van der Waals surface area (Å²) in [5.74, 6) is -0.235. The second-order valence-electron chi connectivity index (χ2n) is 4.36. The summed E-state index contributed by atoms with van der Waals surface area (Å²) in [5.41, 5.74) is 0. The zero-order valence-electron chi connectivity index (χ0n) is 10.7. The largest absolute Gasteiger partial charge is 0.468 e. The number of carbonyl (C=O) groups excluding carboxylic acids is 2. The van der Waals surface area contributed by atoms with Gasteiger partial charge in [0.25, 0.3) is 0 Å². The summed E-state index contributed by atoms with van der Waals surface area (Å²) >= 11 is 0. The Bertz CT molecular complexity index is 268. The summed E-state index contributed by atoms with van der Waals surface area (Å²) in [7, 11) is 1.40. The standard InChI is InChI=1S/C12H22N2O3/c1-3-4-6-10(12(16)17-2)14-8-5-7-13-11(15)9-14/h10H,3-9H2,1-2H3,(H,13,15).